The number of ether oxygens (including phenoxy) is 1. The Labute approximate surface area is 221 Å². The van der Waals surface area contributed by atoms with Gasteiger partial charge in [-0.25, -0.2) is 9.97 Å². The fraction of sp³-hybridized carbons (Fsp3) is 0.200. The fourth-order valence-corrected chi connectivity index (χ4v) is 4.45. The number of hydrogen-bond acceptors (Lipinski definition) is 6. The van der Waals surface area contributed by atoms with Crippen LogP contribution in [0, 0.1) is 6.92 Å². The molecular weight excluding hydrogens is 478 g/mol. The normalized spacial score (nSPS) is 13.2. The molecule has 2 heterocycles. The first-order valence-corrected chi connectivity index (χ1v) is 12.5. The third kappa shape index (κ3) is 5.64. The zero-order valence-electron chi connectivity index (χ0n) is 21.4. The maximum atomic E-state index is 13.1. The van der Waals surface area contributed by atoms with Crippen LogP contribution in [0.5, 0.6) is 5.75 Å². The highest BCUT2D eigenvalue weighted by Crippen LogP contribution is 2.23. The summed E-state index contributed by atoms with van der Waals surface area (Å²) in [4.78, 5) is 38.3. The van der Waals surface area contributed by atoms with Gasteiger partial charge in [0, 0.05) is 54.6 Å². The molecule has 0 spiro atoms. The van der Waals surface area contributed by atoms with Crippen molar-refractivity contribution in [1.82, 2.24) is 19.8 Å². The van der Waals surface area contributed by atoms with Crippen molar-refractivity contribution in [1.29, 1.82) is 0 Å². The lowest BCUT2D eigenvalue weighted by Crippen LogP contribution is -2.50. The van der Waals surface area contributed by atoms with Gasteiger partial charge in [0.15, 0.2) is 0 Å². The van der Waals surface area contributed by atoms with Crippen molar-refractivity contribution in [2.24, 2.45) is 0 Å². The predicted molar refractivity (Wildman–Crippen MR) is 147 cm³/mol. The molecule has 1 aliphatic heterocycles. The van der Waals surface area contributed by atoms with E-state index in [2.05, 4.69) is 15.3 Å². The van der Waals surface area contributed by atoms with Crippen molar-refractivity contribution in [2.75, 3.05) is 38.6 Å². The molecule has 4 aromatic rings. The summed E-state index contributed by atoms with van der Waals surface area (Å²) < 4.78 is 5.20. The number of nitrogens with one attached hydrogen (secondary N) is 1. The molecule has 192 valence electrons. The van der Waals surface area contributed by atoms with E-state index in [1.54, 1.807) is 12.0 Å². The van der Waals surface area contributed by atoms with Crippen LogP contribution in [0.15, 0.2) is 85.2 Å². The summed E-state index contributed by atoms with van der Waals surface area (Å²) in [6.45, 7) is 4.01. The molecule has 0 saturated carbocycles. The molecule has 0 aliphatic carbocycles. The molecule has 1 aromatic heterocycles. The lowest BCUT2D eigenvalue weighted by molar-refractivity contribution is 0.0535. The molecule has 1 fully saturated rings. The number of amides is 2. The number of rotatable bonds is 6. The van der Waals surface area contributed by atoms with Gasteiger partial charge in [0.25, 0.3) is 11.8 Å². The highest BCUT2D eigenvalue weighted by molar-refractivity contribution is 5.96. The van der Waals surface area contributed by atoms with Crippen LogP contribution in [-0.4, -0.2) is 64.9 Å². The van der Waals surface area contributed by atoms with Gasteiger partial charge in [-0.15, -0.1) is 0 Å². The summed E-state index contributed by atoms with van der Waals surface area (Å²) in [5, 5.41) is 3.27. The standard InChI is InChI=1S/C30H29N5O3/c1-21-4-3-5-24(18-21)30(37)35-16-14-34(15-17-35)29(36)23-8-6-22(7-9-23)27-19-28(32-20-31-27)33-25-10-12-26(38-2)13-11-25/h3-13,18-20H,14-17H2,1-2H3,(H,31,32,33). The van der Waals surface area contributed by atoms with Gasteiger partial charge in [0.1, 0.15) is 17.9 Å². The van der Waals surface area contributed by atoms with Gasteiger partial charge >= 0.3 is 0 Å². The average molecular weight is 508 g/mol. The Balaban J connectivity index is 1.20. The number of aryl methyl sites for hydroxylation is 1. The first-order chi connectivity index (χ1) is 18.5. The number of methoxy groups -OCH3 is 1. The van der Waals surface area contributed by atoms with Crippen LogP contribution in [0.3, 0.4) is 0 Å². The maximum absolute atomic E-state index is 13.1. The summed E-state index contributed by atoms with van der Waals surface area (Å²) in [5.41, 5.74) is 4.87. The Hall–Kier alpha value is -4.72. The van der Waals surface area contributed by atoms with Crippen molar-refractivity contribution in [3.63, 3.8) is 0 Å². The smallest absolute Gasteiger partial charge is 0.253 e. The van der Waals surface area contributed by atoms with E-state index in [-0.39, 0.29) is 11.8 Å². The van der Waals surface area contributed by atoms with Crippen molar-refractivity contribution >= 4 is 23.3 Å². The van der Waals surface area contributed by atoms with E-state index in [0.717, 1.165) is 28.3 Å². The minimum atomic E-state index is -0.0382. The average Bonchev–Trinajstić information content (AvgIpc) is 2.97. The molecule has 1 N–H and O–H groups in total. The number of carbonyl (C=O) groups excluding carboxylic acids is 2. The summed E-state index contributed by atoms with van der Waals surface area (Å²) in [7, 11) is 1.63. The number of benzene rings is 3. The summed E-state index contributed by atoms with van der Waals surface area (Å²) in [5.74, 6) is 1.42. The molecule has 2 amide bonds. The first kappa shape index (κ1) is 25.0. The Kier molecular flexibility index (Phi) is 7.31. The van der Waals surface area contributed by atoms with Crippen molar-refractivity contribution in [3.8, 4) is 17.0 Å². The quantitative estimate of drug-likeness (QED) is 0.403. The number of hydrogen-bond donors (Lipinski definition) is 1. The summed E-state index contributed by atoms with van der Waals surface area (Å²) in [6, 6.07) is 24.5. The zero-order valence-corrected chi connectivity index (χ0v) is 21.4. The molecule has 0 atom stereocenters. The van der Waals surface area contributed by atoms with Gasteiger partial charge in [0.05, 0.1) is 12.8 Å². The monoisotopic (exact) mass is 507 g/mol. The number of nitrogens with zero attached hydrogens (tertiary/aromatic N) is 4. The third-order valence-corrected chi connectivity index (χ3v) is 6.58. The number of piperazine rings is 1. The highest BCUT2D eigenvalue weighted by Gasteiger charge is 2.25. The number of aromatic nitrogens is 2. The maximum Gasteiger partial charge on any atom is 0.253 e. The molecule has 5 rings (SSSR count). The van der Waals surface area contributed by atoms with E-state index in [1.165, 1.54) is 6.33 Å². The van der Waals surface area contributed by atoms with Crippen LogP contribution in [0.2, 0.25) is 0 Å². The fourth-order valence-electron chi connectivity index (χ4n) is 4.45. The van der Waals surface area contributed by atoms with E-state index in [0.29, 0.717) is 43.1 Å². The topological polar surface area (TPSA) is 87.7 Å². The van der Waals surface area contributed by atoms with Crippen LogP contribution in [0.4, 0.5) is 11.5 Å². The molecule has 0 bridgehead atoms. The Morgan fingerprint density at radius 3 is 2.08 bits per heavy atom. The van der Waals surface area contributed by atoms with E-state index in [4.69, 9.17) is 4.74 Å². The number of anilines is 2. The van der Waals surface area contributed by atoms with Crippen LogP contribution in [0.1, 0.15) is 26.3 Å². The van der Waals surface area contributed by atoms with Crippen LogP contribution in [0.25, 0.3) is 11.3 Å². The van der Waals surface area contributed by atoms with Gasteiger partial charge in [-0.2, -0.15) is 0 Å². The SMILES string of the molecule is COc1ccc(Nc2cc(-c3ccc(C(=O)N4CCN(C(=O)c5cccc(C)c5)CC4)cc3)ncn2)cc1. The van der Waals surface area contributed by atoms with Crippen LogP contribution < -0.4 is 10.1 Å². The van der Waals surface area contributed by atoms with Gasteiger partial charge < -0.3 is 19.9 Å². The number of carbonyl (C=O) groups is 2. The minimum Gasteiger partial charge on any atom is -0.497 e. The minimum absolute atomic E-state index is 0.0100. The van der Waals surface area contributed by atoms with Crippen LogP contribution >= 0.6 is 0 Å². The highest BCUT2D eigenvalue weighted by atomic mass is 16.5. The molecule has 0 unspecified atom stereocenters. The van der Waals surface area contributed by atoms with Gasteiger partial charge in [-0.05, 0) is 55.5 Å². The second-order valence-corrected chi connectivity index (χ2v) is 9.17. The lowest BCUT2D eigenvalue weighted by Gasteiger charge is -2.35. The van der Waals surface area contributed by atoms with E-state index in [1.807, 2.05) is 90.7 Å². The van der Waals surface area contributed by atoms with Crippen molar-refractivity contribution in [3.05, 3.63) is 102 Å². The predicted octanol–water partition coefficient (Wildman–Crippen LogP) is 4.80. The molecule has 1 saturated heterocycles. The Bertz CT molecular complexity index is 1430. The Morgan fingerprint density at radius 1 is 0.789 bits per heavy atom. The van der Waals surface area contributed by atoms with Crippen molar-refractivity contribution in [2.45, 2.75) is 6.92 Å². The lowest BCUT2D eigenvalue weighted by atomic mass is 10.1. The largest absolute Gasteiger partial charge is 0.497 e. The molecule has 38 heavy (non-hydrogen) atoms. The molecule has 3 aromatic carbocycles. The molecular formula is C30H29N5O3. The second kappa shape index (κ2) is 11.1. The molecule has 0 radical (unpaired) electrons. The van der Waals surface area contributed by atoms with E-state index < -0.39 is 0 Å². The second-order valence-electron chi connectivity index (χ2n) is 9.17. The third-order valence-electron chi connectivity index (χ3n) is 6.58. The van der Waals surface area contributed by atoms with Gasteiger partial charge in [-0.1, -0.05) is 29.8 Å². The summed E-state index contributed by atoms with van der Waals surface area (Å²) in [6.07, 6.45) is 1.51. The summed E-state index contributed by atoms with van der Waals surface area (Å²) >= 11 is 0. The molecule has 1 aliphatic rings. The first-order valence-electron chi connectivity index (χ1n) is 12.5. The molecule has 8 nitrogen and oxygen atoms in total. The molecule has 8 heteroatoms. The van der Waals surface area contributed by atoms with E-state index >= 15 is 0 Å². The Morgan fingerprint density at radius 2 is 1.45 bits per heavy atom. The van der Waals surface area contributed by atoms with Gasteiger partial charge in [0.2, 0.25) is 0 Å². The van der Waals surface area contributed by atoms with Crippen molar-refractivity contribution < 1.29 is 14.3 Å². The zero-order chi connectivity index (χ0) is 26.5. The van der Waals surface area contributed by atoms with Gasteiger partial charge in [-0.3, -0.25) is 9.59 Å². The van der Waals surface area contributed by atoms with Crippen LogP contribution in [-0.2, 0) is 0 Å². The van der Waals surface area contributed by atoms with E-state index in [9.17, 15) is 9.59 Å².